The highest BCUT2D eigenvalue weighted by molar-refractivity contribution is 5.88. The fourth-order valence-corrected chi connectivity index (χ4v) is 3.65. The van der Waals surface area contributed by atoms with Gasteiger partial charge in [-0.1, -0.05) is 12.1 Å². The number of anilines is 3. The summed E-state index contributed by atoms with van der Waals surface area (Å²) in [6.45, 7) is 7.41. The molecule has 2 aliphatic heterocycles. The third-order valence-electron chi connectivity index (χ3n) is 5.67. The maximum Gasteiger partial charge on any atom is 0.319 e. The fraction of sp³-hybridized carbons (Fsp3) is 0.292. The van der Waals surface area contributed by atoms with Gasteiger partial charge in [0.1, 0.15) is 0 Å². The van der Waals surface area contributed by atoms with Gasteiger partial charge < -0.3 is 36.7 Å². The first-order valence-corrected chi connectivity index (χ1v) is 10.7. The zero-order valence-corrected chi connectivity index (χ0v) is 18.9. The minimum absolute atomic E-state index is 0.0440. The zero-order valence-electron chi connectivity index (χ0n) is 18.9. The molecule has 0 bridgehead atoms. The van der Waals surface area contributed by atoms with Crippen LogP contribution in [-0.2, 0) is 9.53 Å². The number of nitrogens with two attached hydrogens (primary N) is 1. The highest BCUT2D eigenvalue weighted by Gasteiger charge is 2.23. The van der Waals surface area contributed by atoms with Crippen molar-refractivity contribution in [3.63, 3.8) is 0 Å². The quantitative estimate of drug-likeness (QED) is 0.271. The zero-order chi connectivity index (χ0) is 23.8. The maximum atomic E-state index is 11.6. The number of ether oxygens (including phenoxy) is 1. The third kappa shape index (κ3) is 6.11. The number of allylic oxidation sites excluding steroid dienone is 1. The summed E-state index contributed by atoms with van der Waals surface area (Å²) >= 11 is 0. The summed E-state index contributed by atoms with van der Waals surface area (Å²) < 4.78 is 5.38. The second-order valence-corrected chi connectivity index (χ2v) is 7.78. The molecular formula is C24H30N6O3. The topological polar surface area (TPSA) is 133 Å². The van der Waals surface area contributed by atoms with Gasteiger partial charge in [0, 0.05) is 47.6 Å². The van der Waals surface area contributed by atoms with Crippen molar-refractivity contribution < 1.29 is 14.3 Å². The van der Waals surface area contributed by atoms with Gasteiger partial charge in [-0.15, -0.1) is 0 Å². The number of urea groups is 1. The number of benzene rings is 2. The van der Waals surface area contributed by atoms with Gasteiger partial charge in [0.25, 0.3) is 0 Å². The molecule has 1 fully saturated rings. The number of hydrogen-bond donors (Lipinski definition) is 5. The van der Waals surface area contributed by atoms with E-state index in [9.17, 15) is 9.59 Å². The van der Waals surface area contributed by atoms with Crippen molar-refractivity contribution in [3.8, 4) is 0 Å². The molecule has 33 heavy (non-hydrogen) atoms. The molecule has 0 spiro atoms. The van der Waals surface area contributed by atoms with E-state index < -0.39 is 0 Å². The molecule has 0 saturated carbocycles. The lowest BCUT2D eigenvalue weighted by Gasteiger charge is -2.30. The van der Waals surface area contributed by atoms with Crippen LogP contribution in [0.4, 0.5) is 21.9 Å². The lowest BCUT2D eigenvalue weighted by molar-refractivity contribution is -0.105. The second kappa shape index (κ2) is 11.1. The Kier molecular flexibility index (Phi) is 8.04. The molecule has 0 aliphatic carbocycles. The Hall–Kier alpha value is -3.85. The number of amides is 3. The van der Waals surface area contributed by atoms with E-state index in [-0.39, 0.29) is 12.1 Å². The number of nitrogens with one attached hydrogen (secondary N) is 4. The molecule has 1 atom stereocenters. The van der Waals surface area contributed by atoms with E-state index in [1.807, 2.05) is 13.8 Å². The highest BCUT2D eigenvalue weighted by Crippen LogP contribution is 2.27. The Bertz CT molecular complexity index is 1030. The smallest absolute Gasteiger partial charge is 0.319 e. The van der Waals surface area contributed by atoms with Gasteiger partial charge in [0.05, 0.1) is 19.3 Å². The lowest BCUT2D eigenvalue weighted by atomic mass is 9.97. The number of rotatable bonds is 5. The minimum atomic E-state index is -0.139. The predicted molar refractivity (Wildman–Crippen MR) is 131 cm³/mol. The van der Waals surface area contributed by atoms with Gasteiger partial charge in [-0.2, -0.15) is 0 Å². The summed E-state index contributed by atoms with van der Waals surface area (Å²) in [7, 11) is 0. The first-order valence-electron chi connectivity index (χ1n) is 10.7. The predicted octanol–water partition coefficient (Wildman–Crippen LogP) is 3.01. The summed E-state index contributed by atoms with van der Waals surface area (Å²) in [5, 5.41) is 15.2. The van der Waals surface area contributed by atoms with Crippen LogP contribution in [0.2, 0.25) is 0 Å². The molecule has 1 saturated heterocycles. The van der Waals surface area contributed by atoms with Crippen LogP contribution in [0.25, 0.3) is 0 Å². The molecule has 2 heterocycles. The van der Waals surface area contributed by atoms with Gasteiger partial charge >= 0.3 is 6.03 Å². The molecule has 2 aromatic carbocycles. The standard InChI is InChI=1S/C16H21N3O2.C8H9N3O/c1-11-12(2)17-16(20)18-15(11)13-3-5-14(6-4-13)19-7-9-21-10-8-19;9-4-6-3-7(11-5-12)1-2-8(6)10/h3-6,15H,7-10H2,1-2H3,(H2,17,18,20);1-5,9H,10H2,(H,11,12). The average Bonchev–Trinajstić information content (AvgIpc) is 2.84. The first kappa shape index (κ1) is 23.8. The summed E-state index contributed by atoms with van der Waals surface area (Å²) in [5.41, 5.74) is 11.7. The molecule has 174 valence electrons. The van der Waals surface area contributed by atoms with Gasteiger partial charge in [0.15, 0.2) is 0 Å². The molecule has 2 aliphatic rings. The van der Waals surface area contributed by atoms with E-state index in [0.29, 0.717) is 23.3 Å². The van der Waals surface area contributed by atoms with Gasteiger partial charge in [0.2, 0.25) is 6.41 Å². The summed E-state index contributed by atoms with van der Waals surface area (Å²) in [5.74, 6) is 0. The van der Waals surface area contributed by atoms with Gasteiger partial charge in [-0.25, -0.2) is 4.79 Å². The van der Waals surface area contributed by atoms with Crippen molar-refractivity contribution in [1.29, 1.82) is 5.41 Å². The molecule has 0 radical (unpaired) electrons. The molecule has 4 rings (SSSR count). The summed E-state index contributed by atoms with van der Waals surface area (Å²) in [6.07, 6.45) is 1.73. The van der Waals surface area contributed by atoms with Crippen LogP contribution in [0, 0.1) is 5.41 Å². The third-order valence-corrected chi connectivity index (χ3v) is 5.67. The first-order chi connectivity index (χ1) is 15.9. The van der Waals surface area contributed by atoms with Crippen molar-refractivity contribution in [1.82, 2.24) is 10.6 Å². The molecule has 0 aromatic heterocycles. The van der Waals surface area contributed by atoms with Crippen LogP contribution in [-0.4, -0.2) is 45.0 Å². The molecule has 9 heteroatoms. The highest BCUT2D eigenvalue weighted by atomic mass is 16.5. The molecular weight excluding hydrogens is 420 g/mol. The Morgan fingerprint density at radius 2 is 1.85 bits per heavy atom. The van der Waals surface area contributed by atoms with E-state index in [2.05, 4.69) is 45.1 Å². The van der Waals surface area contributed by atoms with E-state index in [4.69, 9.17) is 15.9 Å². The van der Waals surface area contributed by atoms with Crippen LogP contribution in [0.1, 0.15) is 31.0 Å². The number of hydrogen-bond acceptors (Lipinski definition) is 6. The number of nitrogens with zero attached hydrogens (tertiary/aromatic N) is 1. The van der Waals surface area contributed by atoms with Crippen molar-refractivity contribution in [3.05, 3.63) is 64.9 Å². The van der Waals surface area contributed by atoms with Gasteiger partial charge in [-0.05, 0) is 55.3 Å². The monoisotopic (exact) mass is 450 g/mol. The summed E-state index contributed by atoms with van der Waals surface area (Å²) in [6, 6.07) is 13.2. The van der Waals surface area contributed by atoms with E-state index in [0.717, 1.165) is 49.4 Å². The van der Waals surface area contributed by atoms with Crippen molar-refractivity contribution in [2.75, 3.05) is 42.3 Å². The van der Waals surface area contributed by atoms with Crippen LogP contribution in [0.3, 0.4) is 0 Å². The Balaban J connectivity index is 0.000000218. The second-order valence-electron chi connectivity index (χ2n) is 7.78. The number of morpholine rings is 1. The molecule has 2 aromatic rings. The minimum Gasteiger partial charge on any atom is -0.398 e. The summed E-state index contributed by atoms with van der Waals surface area (Å²) in [4.78, 5) is 24.0. The Labute approximate surface area is 193 Å². The molecule has 6 N–H and O–H groups in total. The van der Waals surface area contributed by atoms with Gasteiger partial charge in [-0.3, -0.25) is 4.79 Å². The van der Waals surface area contributed by atoms with Crippen molar-refractivity contribution >= 4 is 35.7 Å². The lowest BCUT2D eigenvalue weighted by Crippen LogP contribution is -2.42. The van der Waals surface area contributed by atoms with Crippen LogP contribution < -0.4 is 26.6 Å². The molecule has 3 amide bonds. The number of carbonyl (C=O) groups is 2. The van der Waals surface area contributed by atoms with Crippen LogP contribution in [0.5, 0.6) is 0 Å². The van der Waals surface area contributed by atoms with E-state index in [1.54, 1.807) is 18.2 Å². The van der Waals surface area contributed by atoms with Crippen molar-refractivity contribution in [2.45, 2.75) is 19.9 Å². The van der Waals surface area contributed by atoms with E-state index >= 15 is 0 Å². The largest absolute Gasteiger partial charge is 0.398 e. The number of carbonyl (C=O) groups excluding carboxylic acids is 2. The van der Waals surface area contributed by atoms with Crippen LogP contribution >= 0.6 is 0 Å². The Morgan fingerprint density at radius 1 is 1.15 bits per heavy atom. The fourth-order valence-electron chi connectivity index (χ4n) is 3.65. The maximum absolute atomic E-state index is 11.6. The van der Waals surface area contributed by atoms with Crippen LogP contribution in [0.15, 0.2) is 53.7 Å². The average molecular weight is 451 g/mol. The number of nitrogen functional groups attached to an aromatic ring is 1. The van der Waals surface area contributed by atoms with Crippen molar-refractivity contribution in [2.24, 2.45) is 0 Å². The molecule has 1 unspecified atom stereocenters. The Morgan fingerprint density at radius 3 is 2.48 bits per heavy atom. The SMILES string of the molecule is CC1=C(C)C(c2ccc(N3CCOCC3)cc2)NC(=O)N1.N=Cc1cc(NC=O)ccc1N. The molecule has 9 nitrogen and oxygen atoms in total. The van der Waals surface area contributed by atoms with E-state index in [1.165, 1.54) is 5.69 Å². The normalized spacial score (nSPS) is 17.8.